The summed E-state index contributed by atoms with van der Waals surface area (Å²) in [7, 11) is 0. The first-order valence-corrected chi connectivity index (χ1v) is 7.64. The maximum absolute atomic E-state index is 11.7. The second-order valence-electron chi connectivity index (χ2n) is 5.01. The lowest BCUT2D eigenvalue weighted by Crippen LogP contribution is -2.12. The average Bonchev–Trinajstić information content (AvgIpc) is 2.50. The van der Waals surface area contributed by atoms with Crippen LogP contribution in [0.15, 0.2) is 24.3 Å². The number of rotatable bonds is 10. The van der Waals surface area contributed by atoms with Crippen molar-refractivity contribution in [3.05, 3.63) is 29.8 Å². The monoisotopic (exact) mass is 288 g/mol. The van der Waals surface area contributed by atoms with Crippen molar-refractivity contribution in [1.82, 2.24) is 0 Å². The van der Waals surface area contributed by atoms with Gasteiger partial charge in [-0.2, -0.15) is 5.26 Å². The fraction of sp³-hybridized carbons (Fsp3) is 0.529. The van der Waals surface area contributed by atoms with E-state index in [-0.39, 0.29) is 5.91 Å². The number of amides is 1. The van der Waals surface area contributed by atoms with Gasteiger partial charge in [0.25, 0.3) is 0 Å². The summed E-state index contributed by atoms with van der Waals surface area (Å²) < 4.78 is 5.50. The molecule has 114 valence electrons. The van der Waals surface area contributed by atoms with Crippen LogP contribution in [0.2, 0.25) is 0 Å². The van der Waals surface area contributed by atoms with E-state index in [1.54, 1.807) is 24.3 Å². The molecule has 1 aromatic carbocycles. The van der Waals surface area contributed by atoms with E-state index in [9.17, 15) is 4.79 Å². The van der Waals surface area contributed by atoms with Gasteiger partial charge in [0, 0.05) is 25.3 Å². The molecular formula is C17H24N2O2. The highest BCUT2D eigenvalue weighted by Gasteiger charge is 2.02. The van der Waals surface area contributed by atoms with Gasteiger partial charge in [-0.05, 0) is 37.1 Å². The van der Waals surface area contributed by atoms with Crippen molar-refractivity contribution in [2.24, 2.45) is 0 Å². The van der Waals surface area contributed by atoms with Crippen molar-refractivity contribution in [2.45, 2.75) is 45.4 Å². The number of nitrogens with one attached hydrogen (secondary N) is 1. The Labute approximate surface area is 127 Å². The Kier molecular flexibility index (Phi) is 8.90. The topological polar surface area (TPSA) is 62.1 Å². The molecule has 0 unspecified atom stereocenters. The van der Waals surface area contributed by atoms with Gasteiger partial charge in [0.05, 0.1) is 11.6 Å². The number of anilines is 1. The van der Waals surface area contributed by atoms with Crippen molar-refractivity contribution in [3.63, 3.8) is 0 Å². The molecule has 0 saturated heterocycles. The Morgan fingerprint density at radius 3 is 2.52 bits per heavy atom. The summed E-state index contributed by atoms with van der Waals surface area (Å²) in [6, 6.07) is 8.90. The van der Waals surface area contributed by atoms with Gasteiger partial charge < -0.3 is 10.1 Å². The Morgan fingerprint density at radius 2 is 1.86 bits per heavy atom. The molecule has 0 radical (unpaired) electrons. The Hall–Kier alpha value is -1.86. The molecule has 0 aliphatic carbocycles. The third kappa shape index (κ3) is 8.11. The van der Waals surface area contributed by atoms with Gasteiger partial charge in [-0.25, -0.2) is 0 Å². The molecule has 1 N–H and O–H groups in total. The van der Waals surface area contributed by atoms with Crippen molar-refractivity contribution in [1.29, 1.82) is 5.26 Å². The van der Waals surface area contributed by atoms with E-state index in [1.807, 2.05) is 6.07 Å². The molecule has 1 rings (SSSR count). The SMILES string of the molecule is CCCCCCOCCCC(=O)Nc1ccc(C#N)cc1. The fourth-order valence-corrected chi connectivity index (χ4v) is 1.92. The molecule has 0 aliphatic heterocycles. The summed E-state index contributed by atoms with van der Waals surface area (Å²) in [6.07, 6.45) is 6.00. The second kappa shape index (κ2) is 10.9. The van der Waals surface area contributed by atoms with Gasteiger partial charge >= 0.3 is 0 Å². The maximum Gasteiger partial charge on any atom is 0.224 e. The van der Waals surface area contributed by atoms with Gasteiger partial charge in [-0.3, -0.25) is 4.79 Å². The second-order valence-corrected chi connectivity index (χ2v) is 5.01. The Balaban J connectivity index is 2.07. The molecule has 0 spiro atoms. The minimum Gasteiger partial charge on any atom is -0.381 e. The first-order chi connectivity index (χ1) is 10.3. The zero-order chi connectivity index (χ0) is 15.3. The van der Waals surface area contributed by atoms with E-state index in [4.69, 9.17) is 10.00 Å². The lowest BCUT2D eigenvalue weighted by molar-refractivity contribution is -0.116. The highest BCUT2D eigenvalue weighted by atomic mass is 16.5. The van der Waals surface area contributed by atoms with Crippen LogP contribution in [0.25, 0.3) is 0 Å². The number of benzene rings is 1. The van der Waals surface area contributed by atoms with Crippen LogP contribution >= 0.6 is 0 Å². The first-order valence-electron chi connectivity index (χ1n) is 7.64. The van der Waals surface area contributed by atoms with Gasteiger partial charge in [0.15, 0.2) is 0 Å². The predicted octanol–water partition coefficient (Wildman–Crippen LogP) is 3.87. The van der Waals surface area contributed by atoms with Crippen molar-refractivity contribution >= 4 is 11.6 Å². The predicted molar refractivity (Wildman–Crippen MR) is 84.0 cm³/mol. The van der Waals surface area contributed by atoms with Crippen LogP contribution in [0.4, 0.5) is 5.69 Å². The standard InChI is InChI=1S/C17H24N2O2/c1-2-3-4-5-12-21-13-6-7-17(20)19-16-10-8-15(14-18)9-11-16/h8-11H,2-7,12-13H2,1H3,(H,19,20). The summed E-state index contributed by atoms with van der Waals surface area (Å²) in [5.41, 5.74) is 1.31. The highest BCUT2D eigenvalue weighted by Crippen LogP contribution is 2.09. The molecule has 1 amide bonds. The maximum atomic E-state index is 11.7. The molecule has 0 aliphatic rings. The van der Waals surface area contributed by atoms with E-state index < -0.39 is 0 Å². The van der Waals surface area contributed by atoms with Crippen LogP contribution in [0, 0.1) is 11.3 Å². The number of carbonyl (C=O) groups is 1. The zero-order valence-corrected chi connectivity index (χ0v) is 12.7. The number of nitriles is 1. The van der Waals surface area contributed by atoms with Gasteiger partial charge in [0.1, 0.15) is 0 Å². The summed E-state index contributed by atoms with van der Waals surface area (Å²) in [4.78, 5) is 11.7. The first kappa shape index (κ1) is 17.2. The molecule has 0 atom stereocenters. The van der Waals surface area contributed by atoms with Crippen LogP contribution in [0.5, 0.6) is 0 Å². The number of unbranched alkanes of at least 4 members (excludes halogenated alkanes) is 3. The van der Waals surface area contributed by atoms with Crippen molar-refractivity contribution in [3.8, 4) is 6.07 Å². The van der Waals surface area contributed by atoms with Gasteiger partial charge in [0.2, 0.25) is 5.91 Å². The van der Waals surface area contributed by atoms with E-state index >= 15 is 0 Å². The minimum atomic E-state index is -0.0192. The molecule has 1 aromatic rings. The number of nitrogens with zero attached hydrogens (tertiary/aromatic N) is 1. The average molecular weight is 288 g/mol. The number of carbonyl (C=O) groups excluding carboxylic acids is 1. The normalized spacial score (nSPS) is 10.1. The summed E-state index contributed by atoms with van der Waals surface area (Å²) >= 11 is 0. The summed E-state index contributed by atoms with van der Waals surface area (Å²) in [5, 5.41) is 11.5. The third-order valence-corrected chi connectivity index (χ3v) is 3.13. The summed E-state index contributed by atoms with van der Waals surface area (Å²) in [6.45, 7) is 3.61. The smallest absolute Gasteiger partial charge is 0.224 e. The number of ether oxygens (including phenoxy) is 1. The molecule has 0 aromatic heterocycles. The van der Waals surface area contributed by atoms with Crippen LogP contribution in [-0.4, -0.2) is 19.1 Å². The molecule has 0 saturated carbocycles. The van der Waals surface area contributed by atoms with Crippen molar-refractivity contribution in [2.75, 3.05) is 18.5 Å². The molecule has 0 bridgehead atoms. The number of hydrogen-bond acceptors (Lipinski definition) is 3. The number of hydrogen-bond donors (Lipinski definition) is 1. The Morgan fingerprint density at radius 1 is 1.14 bits per heavy atom. The van der Waals surface area contributed by atoms with E-state index in [0.29, 0.717) is 18.6 Å². The van der Waals surface area contributed by atoms with Crippen LogP contribution in [0.1, 0.15) is 51.0 Å². The van der Waals surface area contributed by atoms with Crippen molar-refractivity contribution < 1.29 is 9.53 Å². The minimum absolute atomic E-state index is 0.0192. The fourth-order valence-electron chi connectivity index (χ4n) is 1.92. The van der Waals surface area contributed by atoms with Gasteiger partial charge in [-0.1, -0.05) is 26.2 Å². The quantitative estimate of drug-likeness (QED) is 0.665. The molecule has 21 heavy (non-hydrogen) atoms. The van der Waals surface area contributed by atoms with E-state index in [1.165, 1.54) is 19.3 Å². The molecule has 4 heteroatoms. The molecule has 4 nitrogen and oxygen atoms in total. The van der Waals surface area contributed by atoms with Crippen LogP contribution in [-0.2, 0) is 9.53 Å². The molecular weight excluding hydrogens is 264 g/mol. The summed E-state index contributed by atoms with van der Waals surface area (Å²) in [5.74, 6) is -0.0192. The molecule has 0 heterocycles. The lowest BCUT2D eigenvalue weighted by atomic mass is 10.2. The Bertz CT molecular complexity index is 449. The van der Waals surface area contributed by atoms with Gasteiger partial charge in [-0.15, -0.1) is 0 Å². The van der Waals surface area contributed by atoms with Crippen LogP contribution in [0.3, 0.4) is 0 Å². The lowest BCUT2D eigenvalue weighted by Gasteiger charge is -2.06. The van der Waals surface area contributed by atoms with E-state index in [2.05, 4.69) is 12.2 Å². The molecule has 0 fully saturated rings. The zero-order valence-electron chi connectivity index (χ0n) is 12.7. The van der Waals surface area contributed by atoms with Crippen LogP contribution < -0.4 is 5.32 Å². The largest absolute Gasteiger partial charge is 0.381 e. The third-order valence-electron chi connectivity index (χ3n) is 3.13. The highest BCUT2D eigenvalue weighted by molar-refractivity contribution is 5.90. The van der Waals surface area contributed by atoms with E-state index in [0.717, 1.165) is 25.1 Å².